The summed E-state index contributed by atoms with van der Waals surface area (Å²) in [7, 11) is 8.26. The smallest absolute Gasteiger partial charge is 0.127 e. The van der Waals surface area contributed by atoms with Gasteiger partial charge in [-0.15, -0.1) is 0 Å². The lowest BCUT2D eigenvalue weighted by atomic mass is 9.75. The fourth-order valence-electron chi connectivity index (χ4n) is 12.5. The minimum absolute atomic E-state index is 0.224. The number of hydrogen-bond donors (Lipinski definition) is 0. The average Bonchev–Trinajstić information content (AvgIpc) is 0.743. The van der Waals surface area contributed by atoms with Crippen LogP contribution < -0.4 is 60.2 Å². The van der Waals surface area contributed by atoms with Crippen molar-refractivity contribution in [2.75, 3.05) is 42.7 Å². The first-order chi connectivity index (χ1) is 42.0. The monoisotopic (exact) mass is 1260 g/mol. The van der Waals surface area contributed by atoms with Crippen LogP contribution in [0.2, 0.25) is 0 Å². The van der Waals surface area contributed by atoms with Gasteiger partial charge in [0.1, 0.15) is 34.5 Å². The second kappa shape index (κ2) is 28.3. The molecule has 0 unspecified atom stereocenters. The normalized spacial score (nSPS) is 13.1. The summed E-state index contributed by atoms with van der Waals surface area (Å²) >= 11 is 0. The molecule has 0 aliphatic heterocycles. The van der Waals surface area contributed by atoms with E-state index in [2.05, 4.69) is 251 Å². The first-order valence-corrected chi connectivity index (χ1v) is 36.5. The third-order valence-corrected chi connectivity index (χ3v) is 27.0. The molecule has 0 radical (unpaired) electrons. The minimum atomic E-state index is -1.46. The summed E-state index contributed by atoms with van der Waals surface area (Å²) in [5.74, 6) is 5.52. The Hall–Kier alpha value is -5.02. The topological polar surface area (TPSA) is 55.4 Å². The van der Waals surface area contributed by atoms with Gasteiger partial charge in [-0.25, -0.2) is 0 Å². The van der Waals surface area contributed by atoms with Gasteiger partial charge >= 0.3 is 0 Å². The maximum Gasteiger partial charge on any atom is 0.127 e. The molecule has 8 heteroatoms. The van der Waals surface area contributed by atoms with Crippen molar-refractivity contribution < 1.29 is 28.4 Å². The van der Waals surface area contributed by atoms with Gasteiger partial charge in [0.25, 0.3) is 0 Å². The van der Waals surface area contributed by atoms with Crippen molar-refractivity contribution in [3.8, 4) is 45.6 Å². The molecule has 0 saturated carbocycles. The number of hydrogen-bond acceptors (Lipinski definition) is 6. The van der Waals surface area contributed by atoms with Crippen molar-refractivity contribution in [1.82, 2.24) is 0 Å². The van der Waals surface area contributed by atoms with E-state index < -0.39 is 15.8 Å². The van der Waals surface area contributed by atoms with Gasteiger partial charge in [0.15, 0.2) is 0 Å². The standard InChI is InChI=1S/C82H120O6P2/c1-31-75(9,10)57-45-53(46-58(71(57)85-27)76(11,12)32-2)89(54-47-59(77(13,14)33-3)72(86-28)60(48-54)78(15,16)34-4)67-43-39-41-65(83-25)69(67)70-66(84-26)42-40-44-68(70)90(55-49-61(79(17,18)35-5)73(87-29)62(50-55)80(19,20)36-6)56-51-63(81(21,22)37-7)74(88-30)64(52-56)82(23,24)38-8/h39-52H,31-38H2,1-30H3. The summed E-state index contributed by atoms with van der Waals surface area (Å²) in [6, 6.07) is 33.8. The molecule has 0 heterocycles. The number of ether oxygens (including phenoxy) is 6. The van der Waals surface area contributed by atoms with Gasteiger partial charge in [-0.2, -0.15) is 0 Å². The van der Waals surface area contributed by atoms with Crippen LogP contribution in [0, 0.1) is 0 Å². The highest BCUT2D eigenvalue weighted by Gasteiger charge is 2.41. The SMILES string of the molecule is CCC(C)(C)c1cc(P(c2cc(C(C)(C)CC)c(OC)c(C(C)(C)CC)c2)c2cccc(OC)c2-c2c(OC)cccc2P(c2cc(C(C)(C)CC)c(OC)c(C(C)(C)CC)c2)c2cc(C(C)(C)CC)c(OC)c(C(C)(C)CC)c2)cc(C(C)(C)CC)c1OC. The van der Waals surface area contributed by atoms with Crippen molar-refractivity contribution >= 4 is 47.7 Å². The van der Waals surface area contributed by atoms with E-state index in [0.717, 1.165) is 97.0 Å². The molecule has 0 spiro atoms. The lowest BCUT2D eigenvalue weighted by Crippen LogP contribution is -2.32. The molecule has 6 aromatic rings. The van der Waals surface area contributed by atoms with E-state index >= 15 is 0 Å². The summed E-state index contributed by atoms with van der Waals surface area (Å²) in [6.45, 7) is 56.6. The van der Waals surface area contributed by atoms with E-state index in [1.54, 1.807) is 0 Å². The van der Waals surface area contributed by atoms with Crippen molar-refractivity contribution in [3.63, 3.8) is 0 Å². The highest BCUT2D eigenvalue weighted by atomic mass is 31.1. The fraction of sp³-hybridized carbons (Fsp3) is 0.561. The third-order valence-electron chi connectivity index (χ3n) is 22.2. The Morgan fingerprint density at radius 1 is 0.256 bits per heavy atom. The Kier molecular flexibility index (Phi) is 23.3. The van der Waals surface area contributed by atoms with Crippen molar-refractivity contribution in [1.29, 1.82) is 0 Å². The second-order valence-electron chi connectivity index (χ2n) is 30.6. The summed E-state index contributed by atoms with van der Waals surface area (Å²) in [5, 5.41) is 7.43. The van der Waals surface area contributed by atoms with Crippen molar-refractivity contribution in [2.45, 2.75) is 261 Å². The van der Waals surface area contributed by atoms with Gasteiger partial charge in [-0.1, -0.05) is 190 Å². The largest absolute Gasteiger partial charge is 0.496 e. The van der Waals surface area contributed by atoms with Gasteiger partial charge < -0.3 is 28.4 Å². The van der Waals surface area contributed by atoms with E-state index in [1.165, 1.54) is 76.3 Å². The molecule has 6 aromatic carbocycles. The molecule has 0 bridgehead atoms. The van der Waals surface area contributed by atoms with Gasteiger partial charge in [0.05, 0.1) is 42.7 Å². The van der Waals surface area contributed by atoms with Crippen LogP contribution in [-0.4, -0.2) is 42.7 Å². The van der Waals surface area contributed by atoms with Gasteiger partial charge in [0.2, 0.25) is 0 Å². The Morgan fingerprint density at radius 3 is 0.556 bits per heavy atom. The molecule has 0 aliphatic rings. The molecule has 0 amide bonds. The predicted octanol–water partition coefficient (Wildman–Crippen LogP) is 20.4. The van der Waals surface area contributed by atoms with Crippen LogP contribution in [-0.2, 0) is 43.3 Å². The van der Waals surface area contributed by atoms with Crippen LogP contribution in [0.4, 0.5) is 0 Å². The zero-order valence-electron chi connectivity index (χ0n) is 62.1. The fourth-order valence-corrected chi connectivity index (χ4v) is 17.6. The van der Waals surface area contributed by atoms with Crippen LogP contribution in [0.3, 0.4) is 0 Å². The summed E-state index contributed by atoms with van der Waals surface area (Å²) in [6.07, 6.45) is 7.45. The molecule has 0 atom stereocenters. The molecule has 6 nitrogen and oxygen atoms in total. The first-order valence-electron chi connectivity index (χ1n) is 33.9. The maximum absolute atomic E-state index is 6.93. The molecule has 6 rings (SSSR count). The molecule has 494 valence electrons. The van der Waals surface area contributed by atoms with Crippen molar-refractivity contribution in [3.05, 3.63) is 129 Å². The second-order valence-corrected chi connectivity index (χ2v) is 34.9. The Labute approximate surface area is 551 Å². The number of methoxy groups -OCH3 is 6. The van der Waals surface area contributed by atoms with E-state index in [1.807, 2.05) is 42.7 Å². The van der Waals surface area contributed by atoms with E-state index in [9.17, 15) is 0 Å². The molecule has 0 aromatic heterocycles. The zero-order valence-corrected chi connectivity index (χ0v) is 63.9. The molecule has 0 fully saturated rings. The number of rotatable bonds is 29. The van der Waals surface area contributed by atoms with Gasteiger partial charge in [0, 0.05) is 55.6 Å². The Morgan fingerprint density at radius 2 is 0.422 bits per heavy atom. The van der Waals surface area contributed by atoms with E-state index in [4.69, 9.17) is 28.4 Å². The summed E-state index contributed by atoms with van der Waals surface area (Å²) in [4.78, 5) is 0. The zero-order chi connectivity index (χ0) is 67.7. The first kappa shape index (κ1) is 74.0. The average molecular weight is 1260 g/mol. The maximum atomic E-state index is 6.93. The Balaban J connectivity index is 2.06. The molecule has 0 saturated heterocycles. The molecular weight excluding hydrogens is 1140 g/mol. The van der Waals surface area contributed by atoms with Crippen LogP contribution in [0.5, 0.6) is 34.5 Å². The quantitative estimate of drug-likeness (QED) is 0.0436. The van der Waals surface area contributed by atoms with Crippen LogP contribution in [0.25, 0.3) is 11.1 Å². The summed E-state index contributed by atoms with van der Waals surface area (Å²) < 4.78 is 40.6. The van der Waals surface area contributed by atoms with Crippen LogP contribution in [0.15, 0.2) is 84.9 Å². The predicted molar refractivity (Wildman–Crippen MR) is 395 cm³/mol. The minimum Gasteiger partial charge on any atom is -0.496 e. The highest BCUT2D eigenvalue weighted by Crippen LogP contribution is 2.54. The molecule has 0 N–H and O–H groups in total. The number of benzene rings is 6. The van der Waals surface area contributed by atoms with Gasteiger partial charge in [-0.05, 0) is 203 Å². The lowest BCUT2D eigenvalue weighted by Gasteiger charge is -2.37. The van der Waals surface area contributed by atoms with Gasteiger partial charge in [-0.3, -0.25) is 0 Å². The Bertz CT molecular complexity index is 2930. The van der Waals surface area contributed by atoms with Crippen LogP contribution >= 0.6 is 15.8 Å². The third kappa shape index (κ3) is 14.1. The van der Waals surface area contributed by atoms with E-state index in [-0.39, 0.29) is 43.3 Å². The van der Waals surface area contributed by atoms with E-state index in [0.29, 0.717) is 0 Å². The lowest BCUT2D eigenvalue weighted by molar-refractivity contribution is 0.368. The molecular formula is C82H120O6P2. The van der Waals surface area contributed by atoms with Crippen LogP contribution in [0.1, 0.15) is 262 Å². The molecule has 0 aliphatic carbocycles. The van der Waals surface area contributed by atoms with Crippen molar-refractivity contribution in [2.24, 2.45) is 0 Å². The molecule has 90 heavy (non-hydrogen) atoms. The summed E-state index contributed by atoms with van der Waals surface area (Å²) in [5.41, 5.74) is 10.1. The highest BCUT2D eigenvalue weighted by molar-refractivity contribution is 7.80.